The zero-order chi connectivity index (χ0) is 10.7. The SMILES string of the molecule is C=CC(C)(C)CC(C)(C)C(N)C#N. The molecular formula is C11H20N2. The maximum Gasteiger partial charge on any atom is 0.0979 e. The molecule has 0 amide bonds. The van der Waals surface area contributed by atoms with Crippen molar-refractivity contribution in [2.45, 2.75) is 40.2 Å². The van der Waals surface area contributed by atoms with Crippen LogP contribution >= 0.6 is 0 Å². The van der Waals surface area contributed by atoms with Crippen LogP contribution < -0.4 is 5.73 Å². The van der Waals surface area contributed by atoms with Gasteiger partial charge in [-0.05, 0) is 17.3 Å². The standard InChI is InChI=1S/C11H20N2/c1-6-10(2,3)8-11(4,5)9(13)7-12/h6,9H,1,8,13H2,2-5H3. The predicted molar refractivity (Wildman–Crippen MR) is 56.0 cm³/mol. The molecule has 0 aromatic carbocycles. The molecule has 0 aliphatic rings. The highest BCUT2D eigenvalue weighted by Crippen LogP contribution is 2.35. The summed E-state index contributed by atoms with van der Waals surface area (Å²) in [5, 5.41) is 8.74. The second-order valence-corrected chi connectivity index (χ2v) is 4.96. The zero-order valence-corrected chi connectivity index (χ0v) is 9.09. The van der Waals surface area contributed by atoms with Crippen LogP contribution in [0.15, 0.2) is 12.7 Å². The van der Waals surface area contributed by atoms with Gasteiger partial charge in [0.25, 0.3) is 0 Å². The molecule has 2 heteroatoms. The van der Waals surface area contributed by atoms with E-state index >= 15 is 0 Å². The van der Waals surface area contributed by atoms with E-state index in [2.05, 4.69) is 26.5 Å². The summed E-state index contributed by atoms with van der Waals surface area (Å²) in [7, 11) is 0. The second kappa shape index (κ2) is 3.93. The van der Waals surface area contributed by atoms with Crippen molar-refractivity contribution in [2.75, 3.05) is 0 Å². The molecular weight excluding hydrogens is 160 g/mol. The van der Waals surface area contributed by atoms with Gasteiger partial charge in [-0.2, -0.15) is 5.26 Å². The Kier molecular flexibility index (Phi) is 3.69. The van der Waals surface area contributed by atoms with Crippen molar-refractivity contribution in [3.63, 3.8) is 0 Å². The monoisotopic (exact) mass is 180 g/mol. The molecule has 0 rings (SSSR count). The van der Waals surface area contributed by atoms with Crippen molar-refractivity contribution in [1.82, 2.24) is 0 Å². The fourth-order valence-electron chi connectivity index (χ4n) is 1.53. The fourth-order valence-corrected chi connectivity index (χ4v) is 1.53. The minimum Gasteiger partial charge on any atom is -0.315 e. The average molecular weight is 180 g/mol. The number of rotatable bonds is 4. The van der Waals surface area contributed by atoms with Gasteiger partial charge in [-0.3, -0.25) is 0 Å². The third-order valence-electron chi connectivity index (χ3n) is 2.44. The Balaban J connectivity index is 4.52. The van der Waals surface area contributed by atoms with Crippen molar-refractivity contribution in [2.24, 2.45) is 16.6 Å². The quantitative estimate of drug-likeness (QED) is 0.676. The first-order valence-electron chi connectivity index (χ1n) is 4.54. The van der Waals surface area contributed by atoms with Gasteiger partial charge < -0.3 is 5.73 Å². The summed E-state index contributed by atoms with van der Waals surface area (Å²) in [6, 6.07) is 1.68. The summed E-state index contributed by atoms with van der Waals surface area (Å²) in [5.74, 6) is 0. The van der Waals surface area contributed by atoms with Crippen LogP contribution in [0.2, 0.25) is 0 Å². The number of nitriles is 1. The number of hydrogen-bond donors (Lipinski definition) is 1. The highest BCUT2D eigenvalue weighted by molar-refractivity contribution is 5.02. The molecule has 0 saturated carbocycles. The lowest BCUT2D eigenvalue weighted by Crippen LogP contribution is -2.38. The van der Waals surface area contributed by atoms with Gasteiger partial charge in [0.05, 0.1) is 12.1 Å². The van der Waals surface area contributed by atoms with Gasteiger partial charge in [-0.1, -0.05) is 33.8 Å². The van der Waals surface area contributed by atoms with Crippen molar-refractivity contribution in [3.8, 4) is 6.07 Å². The van der Waals surface area contributed by atoms with Gasteiger partial charge in [0.1, 0.15) is 0 Å². The smallest absolute Gasteiger partial charge is 0.0979 e. The molecule has 2 nitrogen and oxygen atoms in total. The first-order chi connectivity index (χ1) is 5.75. The first-order valence-corrected chi connectivity index (χ1v) is 4.54. The summed E-state index contributed by atoms with van der Waals surface area (Å²) < 4.78 is 0. The Morgan fingerprint density at radius 2 is 1.92 bits per heavy atom. The number of allylic oxidation sites excluding steroid dienone is 1. The molecule has 0 radical (unpaired) electrons. The maximum absolute atomic E-state index is 8.74. The molecule has 13 heavy (non-hydrogen) atoms. The Morgan fingerprint density at radius 1 is 1.46 bits per heavy atom. The van der Waals surface area contributed by atoms with Crippen molar-refractivity contribution < 1.29 is 0 Å². The minimum absolute atomic E-state index is 0.0397. The van der Waals surface area contributed by atoms with E-state index in [1.807, 2.05) is 19.9 Å². The molecule has 0 aromatic heterocycles. The molecule has 0 aliphatic heterocycles. The number of nitrogens with zero attached hydrogens (tertiary/aromatic N) is 1. The highest BCUT2D eigenvalue weighted by Gasteiger charge is 2.32. The van der Waals surface area contributed by atoms with Gasteiger partial charge in [0, 0.05) is 0 Å². The number of nitrogens with two attached hydrogens (primary N) is 1. The van der Waals surface area contributed by atoms with E-state index < -0.39 is 6.04 Å². The Morgan fingerprint density at radius 3 is 2.23 bits per heavy atom. The molecule has 1 atom stereocenters. The van der Waals surface area contributed by atoms with Gasteiger partial charge >= 0.3 is 0 Å². The van der Waals surface area contributed by atoms with Crippen LogP contribution in [0.1, 0.15) is 34.1 Å². The van der Waals surface area contributed by atoms with E-state index in [-0.39, 0.29) is 10.8 Å². The predicted octanol–water partition coefficient (Wildman–Crippen LogP) is 2.47. The molecule has 1 unspecified atom stereocenters. The largest absolute Gasteiger partial charge is 0.315 e. The van der Waals surface area contributed by atoms with Crippen LogP contribution in [0.25, 0.3) is 0 Å². The normalized spacial score (nSPS) is 14.8. The molecule has 74 valence electrons. The van der Waals surface area contributed by atoms with Crippen LogP contribution in [0, 0.1) is 22.2 Å². The van der Waals surface area contributed by atoms with E-state index in [0.29, 0.717) is 0 Å². The van der Waals surface area contributed by atoms with Crippen molar-refractivity contribution in [3.05, 3.63) is 12.7 Å². The summed E-state index contributed by atoms with van der Waals surface area (Å²) >= 11 is 0. The van der Waals surface area contributed by atoms with Gasteiger partial charge in [-0.15, -0.1) is 6.58 Å². The summed E-state index contributed by atoms with van der Waals surface area (Å²) in [6.45, 7) is 12.0. The van der Waals surface area contributed by atoms with Gasteiger partial charge in [0.15, 0.2) is 0 Å². The van der Waals surface area contributed by atoms with E-state index in [4.69, 9.17) is 11.0 Å². The highest BCUT2D eigenvalue weighted by atomic mass is 14.7. The van der Waals surface area contributed by atoms with Crippen LogP contribution in [0.4, 0.5) is 0 Å². The average Bonchev–Trinajstić information content (AvgIpc) is 2.01. The molecule has 0 aromatic rings. The number of hydrogen-bond acceptors (Lipinski definition) is 2. The summed E-state index contributed by atoms with van der Waals surface area (Å²) in [5.41, 5.74) is 5.60. The van der Waals surface area contributed by atoms with Crippen LogP contribution in [-0.4, -0.2) is 6.04 Å². The molecule has 0 aliphatic carbocycles. The van der Waals surface area contributed by atoms with Crippen molar-refractivity contribution >= 4 is 0 Å². The maximum atomic E-state index is 8.74. The minimum atomic E-state index is -0.410. The third kappa shape index (κ3) is 3.61. The molecule has 0 fully saturated rings. The summed E-state index contributed by atoms with van der Waals surface area (Å²) in [4.78, 5) is 0. The van der Waals surface area contributed by atoms with Crippen LogP contribution in [0.3, 0.4) is 0 Å². The van der Waals surface area contributed by atoms with Gasteiger partial charge in [0.2, 0.25) is 0 Å². The van der Waals surface area contributed by atoms with Crippen LogP contribution in [0.5, 0.6) is 0 Å². The fraction of sp³-hybridized carbons (Fsp3) is 0.727. The van der Waals surface area contributed by atoms with Gasteiger partial charge in [-0.25, -0.2) is 0 Å². The molecule has 0 bridgehead atoms. The van der Waals surface area contributed by atoms with E-state index in [1.165, 1.54) is 0 Å². The summed E-state index contributed by atoms with van der Waals surface area (Å²) in [6.07, 6.45) is 2.79. The van der Waals surface area contributed by atoms with Crippen molar-refractivity contribution in [1.29, 1.82) is 5.26 Å². The topological polar surface area (TPSA) is 49.8 Å². The third-order valence-corrected chi connectivity index (χ3v) is 2.44. The van der Waals surface area contributed by atoms with E-state index in [0.717, 1.165) is 6.42 Å². The van der Waals surface area contributed by atoms with E-state index in [1.54, 1.807) is 0 Å². The Hall–Kier alpha value is -0.810. The molecule has 0 heterocycles. The Bertz CT molecular complexity index is 221. The van der Waals surface area contributed by atoms with E-state index in [9.17, 15) is 0 Å². The Labute approximate surface area is 81.4 Å². The molecule has 2 N–H and O–H groups in total. The lowest BCUT2D eigenvalue weighted by atomic mass is 9.72. The lowest BCUT2D eigenvalue weighted by molar-refractivity contribution is 0.219. The molecule has 0 saturated heterocycles. The lowest BCUT2D eigenvalue weighted by Gasteiger charge is -2.34. The van der Waals surface area contributed by atoms with Crippen LogP contribution in [-0.2, 0) is 0 Å². The molecule has 0 spiro atoms. The second-order valence-electron chi connectivity index (χ2n) is 4.96. The zero-order valence-electron chi connectivity index (χ0n) is 9.09. The first kappa shape index (κ1) is 12.2.